The van der Waals surface area contributed by atoms with Crippen molar-refractivity contribution in [2.24, 2.45) is 5.41 Å². The van der Waals surface area contributed by atoms with Crippen LogP contribution in [-0.2, 0) is 14.2 Å². The van der Waals surface area contributed by atoms with E-state index in [0.717, 1.165) is 45.8 Å². The third kappa shape index (κ3) is 19.8. The van der Waals surface area contributed by atoms with Gasteiger partial charge in [-0.2, -0.15) is 0 Å². The van der Waals surface area contributed by atoms with Crippen LogP contribution in [0.25, 0.3) is 0 Å². The molecular weight excluding hydrogens is 266 g/mol. The highest BCUT2D eigenvalue weighted by Crippen LogP contribution is 2.12. The summed E-state index contributed by atoms with van der Waals surface area (Å²) in [7, 11) is 0. The fourth-order valence-corrected chi connectivity index (χ4v) is 1.60. The van der Waals surface area contributed by atoms with Gasteiger partial charge in [0.2, 0.25) is 0 Å². The first kappa shape index (κ1) is 20.8. The molecule has 0 bridgehead atoms. The average molecular weight is 303 g/mol. The van der Waals surface area contributed by atoms with Crippen molar-refractivity contribution in [1.29, 1.82) is 0 Å². The zero-order valence-corrected chi connectivity index (χ0v) is 15.1. The zero-order valence-electron chi connectivity index (χ0n) is 15.1. The quantitative estimate of drug-likeness (QED) is 0.562. The summed E-state index contributed by atoms with van der Waals surface area (Å²) in [5.74, 6) is 0. The highest BCUT2D eigenvalue weighted by molar-refractivity contribution is 4.69. The predicted octanol–water partition coefficient (Wildman–Crippen LogP) is 3.25. The summed E-state index contributed by atoms with van der Waals surface area (Å²) in [6, 6.07) is 0. The fraction of sp³-hybridized carbons (Fsp3) is 1.00. The van der Waals surface area contributed by atoms with Crippen LogP contribution in [0.3, 0.4) is 0 Å². The Morgan fingerprint density at radius 1 is 0.667 bits per heavy atom. The topological polar surface area (TPSA) is 39.7 Å². The van der Waals surface area contributed by atoms with Gasteiger partial charge in [-0.05, 0) is 45.6 Å². The molecule has 0 rings (SSSR count). The van der Waals surface area contributed by atoms with Gasteiger partial charge in [-0.3, -0.25) is 0 Å². The summed E-state index contributed by atoms with van der Waals surface area (Å²) in [6.07, 6.45) is 2.00. The SMILES string of the molecule is CC(C)(C)COCCOCCCOCCCNC(C)(C)C. The molecule has 0 radical (unpaired) electrons. The van der Waals surface area contributed by atoms with Crippen LogP contribution in [0.15, 0.2) is 0 Å². The molecule has 128 valence electrons. The molecule has 0 spiro atoms. The average Bonchev–Trinajstić information content (AvgIpc) is 2.32. The molecule has 1 N–H and O–H groups in total. The van der Waals surface area contributed by atoms with Crippen LogP contribution < -0.4 is 5.32 Å². The summed E-state index contributed by atoms with van der Waals surface area (Å²) in [5.41, 5.74) is 0.429. The zero-order chi connectivity index (χ0) is 16.2. The van der Waals surface area contributed by atoms with Gasteiger partial charge >= 0.3 is 0 Å². The van der Waals surface area contributed by atoms with E-state index in [1.54, 1.807) is 0 Å². The molecule has 0 aliphatic heterocycles. The molecule has 0 aliphatic rings. The summed E-state index contributed by atoms with van der Waals surface area (Å²) < 4.78 is 16.6. The van der Waals surface area contributed by atoms with Crippen LogP contribution in [0.5, 0.6) is 0 Å². The van der Waals surface area contributed by atoms with Gasteiger partial charge in [0.05, 0.1) is 19.8 Å². The lowest BCUT2D eigenvalue weighted by Crippen LogP contribution is -2.36. The summed E-state index contributed by atoms with van der Waals surface area (Å²) in [5, 5.41) is 3.44. The molecule has 0 heterocycles. The van der Waals surface area contributed by atoms with E-state index < -0.39 is 0 Å². The van der Waals surface area contributed by atoms with Gasteiger partial charge in [0.1, 0.15) is 0 Å². The van der Waals surface area contributed by atoms with Crippen molar-refractivity contribution in [3.63, 3.8) is 0 Å². The second-order valence-corrected chi connectivity index (χ2v) is 7.72. The van der Waals surface area contributed by atoms with Gasteiger partial charge in [-0.25, -0.2) is 0 Å². The molecule has 0 aromatic rings. The minimum absolute atomic E-state index is 0.197. The largest absolute Gasteiger partial charge is 0.381 e. The fourth-order valence-electron chi connectivity index (χ4n) is 1.60. The smallest absolute Gasteiger partial charge is 0.0700 e. The monoisotopic (exact) mass is 303 g/mol. The standard InChI is InChI=1S/C17H37NO3/c1-16(2,3)15-21-14-13-20-12-8-11-19-10-7-9-18-17(4,5)6/h18H,7-15H2,1-6H3. The minimum Gasteiger partial charge on any atom is -0.381 e. The molecule has 0 fully saturated rings. The molecule has 0 amide bonds. The Balaban J connectivity index is 3.10. The van der Waals surface area contributed by atoms with E-state index in [4.69, 9.17) is 14.2 Å². The van der Waals surface area contributed by atoms with E-state index in [1.807, 2.05) is 0 Å². The van der Waals surface area contributed by atoms with E-state index in [9.17, 15) is 0 Å². The second kappa shape index (κ2) is 11.4. The maximum atomic E-state index is 5.57. The lowest BCUT2D eigenvalue weighted by atomic mass is 9.99. The van der Waals surface area contributed by atoms with Gasteiger partial charge in [-0.1, -0.05) is 20.8 Å². The van der Waals surface area contributed by atoms with E-state index in [2.05, 4.69) is 46.9 Å². The van der Waals surface area contributed by atoms with Gasteiger partial charge in [0.25, 0.3) is 0 Å². The Kier molecular flexibility index (Phi) is 11.3. The van der Waals surface area contributed by atoms with Gasteiger partial charge in [0, 0.05) is 25.4 Å². The van der Waals surface area contributed by atoms with Crippen molar-refractivity contribution in [3.8, 4) is 0 Å². The number of hydrogen-bond acceptors (Lipinski definition) is 4. The molecule has 0 saturated heterocycles. The lowest BCUT2D eigenvalue weighted by Gasteiger charge is -2.20. The third-order valence-corrected chi connectivity index (χ3v) is 2.61. The van der Waals surface area contributed by atoms with Crippen LogP contribution >= 0.6 is 0 Å². The van der Waals surface area contributed by atoms with Crippen LogP contribution in [0.4, 0.5) is 0 Å². The Bertz CT molecular complexity index is 207. The molecule has 0 aliphatic carbocycles. The first-order valence-electron chi connectivity index (χ1n) is 8.19. The van der Waals surface area contributed by atoms with E-state index in [1.165, 1.54) is 0 Å². The molecule has 4 nitrogen and oxygen atoms in total. The molecule has 0 unspecified atom stereocenters. The summed E-state index contributed by atoms with van der Waals surface area (Å²) in [6.45, 7) is 18.5. The first-order valence-corrected chi connectivity index (χ1v) is 8.19. The van der Waals surface area contributed by atoms with Crippen molar-refractivity contribution >= 4 is 0 Å². The van der Waals surface area contributed by atoms with Crippen LogP contribution in [0.2, 0.25) is 0 Å². The van der Waals surface area contributed by atoms with Crippen molar-refractivity contribution < 1.29 is 14.2 Å². The van der Waals surface area contributed by atoms with Crippen molar-refractivity contribution in [2.45, 2.75) is 59.9 Å². The van der Waals surface area contributed by atoms with Crippen molar-refractivity contribution in [3.05, 3.63) is 0 Å². The highest BCUT2D eigenvalue weighted by Gasteiger charge is 2.09. The lowest BCUT2D eigenvalue weighted by molar-refractivity contribution is 0.0131. The van der Waals surface area contributed by atoms with Crippen molar-refractivity contribution in [2.75, 3.05) is 46.2 Å². The van der Waals surface area contributed by atoms with E-state index in [0.29, 0.717) is 13.2 Å². The number of ether oxygens (including phenoxy) is 3. The van der Waals surface area contributed by atoms with E-state index in [-0.39, 0.29) is 11.0 Å². The Morgan fingerprint density at radius 3 is 1.76 bits per heavy atom. The van der Waals surface area contributed by atoms with Crippen molar-refractivity contribution in [1.82, 2.24) is 5.32 Å². The first-order chi connectivity index (χ1) is 9.71. The predicted molar refractivity (Wildman–Crippen MR) is 88.9 cm³/mol. The molecule has 21 heavy (non-hydrogen) atoms. The number of nitrogens with one attached hydrogen (secondary N) is 1. The molecule has 4 heteroatoms. The van der Waals surface area contributed by atoms with Crippen LogP contribution in [0.1, 0.15) is 54.4 Å². The second-order valence-electron chi connectivity index (χ2n) is 7.72. The Labute approximate surface area is 131 Å². The maximum Gasteiger partial charge on any atom is 0.0700 e. The Hall–Kier alpha value is -0.160. The summed E-state index contributed by atoms with van der Waals surface area (Å²) >= 11 is 0. The summed E-state index contributed by atoms with van der Waals surface area (Å²) in [4.78, 5) is 0. The normalized spacial score (nSPS) is 12.9. The third-order valence-electron chi connectivity index (χ3n) is 2.61. The van der Waals surface area contributed by atoms with Gasteiger partial charge in [0.15, 0.2) is 0 Å². The molecular formula is C17H37NO3. The number of rotatable bonds is 12. The molecule has 0 saturated carbocycles. The maximum absolute atomic E-state index is 5.57. The Morgan fingerprint density at radius 2 is 1.19 bits per heavy atom. The van der Waals surface area contributed by atoms with E-state index >= 15 is 0 Å². The minimum atomic E-state index is 0.197. The molecule has 0 aromatic carbocycles. The molecule has 0 atom stereocenters. The van der Waals surface area contributed by atoms with Crippen LogP contribution in [0, 0.1) is 5.41 Å². The highest BCUT2D eigenvalue weighted by atomic mass is 16.5. The van der Waals surface area contributed by atoms with Gasteiger partial charge < -0.3 is 19.5 Å². The van der Waals surface area contributed by atoms with Gasteiger partial charge in [-0.15, -0.1) is 0 Å². The number of hydrogen-bond donors (Lipinski definition) is 1. The van der Waals surface area contributed by atoms with Crippen LogP contribution in [-0.4, -0.2) is 51.7 Å². The molecule has 0 aromatic heterocycles.